The number of nitrogens with zero attached hydrogens (tertiary/aromatic N) is 3. The monoisotopic (exact) mass is 374 g/mol. The van der Waals surface area contributed by atoms with Crippen molar-refractivity contribution in [1.29, 1.82) is 0 Å². The number of guanidine groups is 1. The van der Waals surface area contributed by atoms with Crippen LogP contribution in [0.3, 0.4) is 0 Å². The van der Waals surface area contributed by atoms with Gasteiger partial charge in [0.05, 0.1) is 36.5 Å². The van der Waals surface area contributed by atoms with E-state index < -0.39 is 0 Å². The average Bonchev–Trinajstić information content (AvgIpc) is 3.01. The molecule has 5 nitrogen and oxygen atoms in total. The molecule has 0 saturated carbocycles. The zero-order valence-corrected chi connectivity index (χ0v) is 17.3. The minimum Gasteiger partial charge on any atom is -0.374 e. The lowest BCUT2D eigenvalue weighted by molar-refractivity contribution is 0.0657. The molecule has 0 bridgehead atoms. The van der Waals surface area contributed by atoms with E-state index in [4.69, 9.17) is 9.73 Å². The molecule has 0 spiro atoms. The van der Waals surface area contributed by atoms with Crippen LogP contribution in [0.2, 0.25) is 0 Å². The highest BCUT2D eigenvalue weighted by molar-refractivity contribution is 7.09. The van der Waals surface area contributed by atoms with E-state index in [-0.39, 0.29) is 6.10 Å². The van der Waals surface area contributed by atoms with Crippen molar-refractivity contribution in [2.24, 2.45) is 4.99 Å². The average molecular weight is 375 g/mol. The number of hydrogen-bond acceptors (Lipinski definition) is 4. The van der Waals surface area contributed by atoms with Crippen LogP contribution in [0.25, 0.3) is 0 Å². The van der Waals surface area contributed by atoms with Gasteiger partial charge in [-0.05, 0) is 38.8 Å². The molecule has 0 radical (unpaired) electrons. The van der Waals surface area contributed by atoms with Gasteiger partial charge in [-0.3, -0.25) is 0 Å². The van der Waals surface area contributed by atoms with Crippen LogP contribution in [0.1, 0.15) is 42.6 Å². The van der Waals surface area contributed by atoms with Gasteiger partial charge in [0.1, 0.15) is 0 Å². The van der Waals surface area contributed by atoms with Crippen LogP contribution in [0.15, 0.2) is 34.6 Å². The lowest BCUT2D eigenvalue weighted by Crippen LogP contribution is -2.38. The van der Waals surface area contributed by atoms with Gasteiger partial charge in [0, 0.05) is 19.0 Å². The van der Waals surface area contributed by atoms with E-state index in [1.807, 2.05) is 14.0 Å². The fourth-order valence-electron chi connectivity index (χ4n) is 2.52. The molecule has 6 heteroatoms. The van der Waals surface area contributed by atoms with E-state index in [0.717, 1.165) is 29.8 Å². The molecule has 1 aromatic heterocycles. The van der Waals surface area contributed by atoms with Crippen molar-refractivity contribution in [2.45, 2.75) is 53.5 Å². The lowest BCUT2D eigenvalue weighted by atomic mass is 10.1. The molecule has 26 heavy (non-hydrogen) atoms. The summed E-state index contributed by atoms with van der Waals surface area (Å²) in [5.41, 5.74) is 3.44. The Labute approximate surface area is 161 Å². The number of benzene rings is 1. The molecule has 1 aromatic carbocycles. The third-order valence-electron chi connectivity index (χ3n) is 3.75. The Balaban J connectivity index is 2.02. The zero-order valence-electron chi connectivity index (χ0n) is 16.5. The number of ether oxygens (including phenoxy) is 1. The SMILES string of the molecule is CCNC(=NCc1cccc(COC(C)C)c1)N(C)Cc1csc(C)n1. The van der Waals surface area contributed by atoms with Gasteiger partial charge in [-0.15, -0.1) is 11.3 Å². The predicted octanol–water partition coefficient (Wildman–Crippen LogP) is 3.97. The molecule has 0 saturated heterocycles. The van der Waals surface area contributed by atoms with Crippen LogP contribution in [0, 0.1) is 6.92 Å². The number of rotatable bonds is 8. The fourth-order valence-corrected chi connectivity index (χ4v) is 3.12. The van der Waals surface area contributed by atoms with Gasteiger partial charge in [0.15, 0.2) is 5.96 Å². The predicted molar refractivity (Wildman–Crippen MR) is 110 cm³/mol. The number of aromatic nitrogens is 1. The first kappa shape index (κ1) is 20.4. The summed E-state index contributed by atoms with van der Waals surface area (Å²) in [6.45, 7) is 11.1. The largest absolute Gasteiger partial charge is 0.374 e. The Kier molecular flexibility index (Phi) is 8.06. The second-order valence-corrected chi connectivity index (χ2v) is 7.63. The minimum atomic E-state index is 0.236. The molecule has 1 heterocycles. The molecule has 0 unspecified atom stereocenters. The molecule has 0 fully saturated rings. The Bertz CT molecular complexity index is 711. The molecule has 1 N–H and O–H groups in total. The fraction of sp³-hybridized carbons (Fsp3) is 0.500. The van der Waals surface area contributed by atoms with Crippen molar-refractivity contribution in [1.82, 2.24) is 15.2 Å². The van der Waals surface area contributed by atoms with Crippen LogP contribution >= 0.6 is 11.3 Å². The van der Waals surface area contributed by atoms with Crippen molar-refractivity contribution in [3.05, 3.63) is 51.5 Å². The van der Waals surface area contributed by atoms with Crippen LogP contribution in [0.5, 0.6) is 0 Å². The molecule has 0 aliphatic carbocycles. The van der Waals surface area contributed by atoms with E-state index in [1.165, 1.54) is 11.1 Å². The summed E-state index contributed by atoms with van der Waals surface area (Å²) in [4.78, 5) is 11.4. The van der Waals surface area contributed by atoms with Crippen molar-refractivity contribution in [3.8, 4) is 0 Å². The molecule has 2 rings (SSSR count). The first-order valence-electron chi connectivity index (χ1n) is 9.07. The lowest BCUT2D eigenvalue weighted by Gasteiger charge is -2.21. The first-order valence-corrected chi connectivity index (χ1v) is 9.95. The Morgan fingerprint density at radius 1 is 1.35 bits per heavy atom. The summed E-state index contributed by atoms with van der Waals surface area (Å²) in [5.74, 6) is 0.891. The van der Waals surface area contributed by atoms with Gasteiger partial charge in [0.25, 0.3) is 0 Å². The Morgan fingerprint density at radius 2 is 2.12 bits per heavy atom. The summed E-state index contributed by atoms with van der Waals surface area (Å²) < 4.78 is 5.69. The van der Waals surface area contributed by atoms with E-state index >= 15 is 0 Å². The summed E-state index contributed by atoms with van der Waals surface area (Å²) >= 11 is 1.68. The number of nitrogens with one attached hydrogen (secondary N) is 1. The highest BCUT2D eigenvalue weighted by Crippen LogP contribution is 2.11. The standard InChI is InChI=1S/C20H30N4OS/c1-6-21-20(24(5)12-19-14-26-16(4)23-19)22-11-17-8-7-9-18(10-17)13-25-15(2)3/h7-10,14-15H,6,11-13H2,1-5H3,(H,21,22). The molecular weight excluding hydrogens is 344 g/mol. The minimum absolute atomic E-state index is 0.236. The van der Waals surface area contributed by atoms with Crippen LogP contribution in [-0.4, -0.2) is 35.5 Å². The quantitative estimate of drug-likeness (QED) is 0.561. The van der Waals surface area contributed by atoms with E-state index in [1.54, 1.807) is 11.3 Å². The van der Waals surface area contributed by atoms with Gasteiger partial charge < -0.3 is 15.0 Å². The summed E-state index contributed by atoms with van der Waals surface area (Å²) in [5, 5.41) is 6.56. The van der Waals surface area contributed by atoms with Crippen LogP contribution in [0.4, 0.5) is 0 Å². The van der Waals surface area contributed by atoms with Gasteiger partial charge in [-0.1, -0.05) is 24.3 Å². The first-order chi connectivity index (χ1) is 12.5. The zero-order chi connectivity index (χ0) is 18.9. The van der Waals surface area contributed by atoms with E-state index in [0.29, 0.717) is 13.2 Å². The van der Waals surface area contributed by atoms with Crippen molar-refractivity contribution in [2.75, 3.05) is 13.6 Å². The molecule has 0 amide bonds. The molecule has 142 valence electrons. The van der Waals surface area contributed by atoms with Crippen LogP contribution < -0.4 is 5.32 Å². The maximum Gasteiger partial charge on any atom is 0.194 e. The summed E-state index contributed by atoms with van der Waals surface area (Å²) in [6.07, 6.45) is 0.236. The third-order valence-corrected chi connectivity index (χ3v) is 4.57. The smallest absolute Gasteiger partial charge is 0.194 e. The molecule has 2 aromatic rings. The molecule has 0 aliphatic heterocycles. The number of aryl methyl sites for hydroxylation is 1. The van der Waals surface area contributed by atoms with Gasteiger partial charge in [-0.2, -0.15) is 0 Å². The van der Waals surface area contributed by atoms with Gasteiger partial charge >= 0.3 is 0 Å². The topological polar surface area (TPSA) is 49.8 Å². The maximum atomic E-state index is 5.69. The second-order valence-electron chi connectivity index (χ2n) is 6.56. The summed E-state index contributed by atoms with van der Waals surface area (Å²) in [7, 11) is 2.04. The molecular formula is C20H30N4OS. The Morgan fingerprint density at radius 3 is 2.77 bits per heavy atom. The second kappa shape index (κ2) is 10.3. The van der Waals surface area contributed by atoms with Crippen LogP contribution in [-0.2, 0) is 24.4 Å². The van der Waals surface area contributed by atoms with Crippen molar-refractivity contribution in [3.63, 3.8) is 0 Å². The van der Waals surface area contributed by atoms with E-state index in [2.05, 4.69) is 65.6 Å². The molecule has 0 atom stereocenters. The maximum absolute atomic E-state index is 5.69. The summed E-state index contributed by atoms with van der Waals surface area (Å²) in [6, 6.07) is 8.44. The highest BCUT2D eigenvalue weighted by atomic mass is 32.1. The highest BCUT2D eigenvalue weighted by Gasteiger charge is 2.08. The van der Waals surface area contributed by atoms with Crippen molar-refractivity contribution < 1.29 is 4.74 Å². The normalized spacial score (nSPS) is 11.8. The Hall–Kier alpha value is -1.92. The number of aliphatic imine (C=N–C) groups is 1. The number of hydrogen-bond donors (Lipinski definition) is 1. The molecule has 0 aliphatic rings. The third kappa shape index (κ3) is 6.77. The van der Waals surface area contributed by atoms with Gasteiger partial charge in [-0.25, -0.2) is 9.98 Å². The number of thiazole rings is 1. The van der Waals surface area contributed by atoms with E-state index in [9.17, 15) is 0 Å². The van der Waals surface area contributed by atoms with Gasteiger partial charge in [0.2, 0.25) is 0 Å². The van der Waals surface area contributed by atoms with Crippen molar-refractivity contribution >= 4 is 17.3 Å².